The van der Waals surface area contributed by atoms with E-state index in [0.717, 1.165) is 30.8 Å². The molecule has 21 heavy (non-hydrogen) atoms. The van der Waals surface area contributed by atoms with Gasteiger partial charge in [-0.3, -0.25) is 9.67 Å². The number of aliphatic imine (C=N–C) groups is 1. The summed E-state index contributed by atoms with van der Waals surface area (Å²) in [5.74, 6) is 0. The summed E-state index contributed by atoms with van der Waals surface area (Å²) in [5.41, 5.74) is 4.74. The lowest BCUT2D eigenvalue weighted by atomic mass is 10.0. The largest absolute Gasteiger partial charge is 0.312 e. The van der Waals surface area contributed by atoms with Crippen LogP contribution in [0.5, 0.6) is 0 Å². The maximum absolute atomic E-state index is 4.54. The monoisotopic (exact) mass is 282 g/mol. The number of nitrogens with one attached hydrogen (secondary N) is 1. The normalized spacial score (nSPS) is 17.3. The Kier molecular flexibility index (Phi) is 3.88. The summed E-state index contributed by atoms with van der Waals surface area (Å²) in [6, 6.07) is 6.99. The van der Waals surface area contributed by atoms with E-state index in [1.54, 1.807) is 0 Å². The molecule has 1 N–H and O–H groups in total. The van der Waals surface area contributed by atoms with Crippen LogP contribution >= 0.6 is 0 Å². The van der Waals surface area contributed by atoms with Gasteiger partial charge in [-0.05, 0) is 31.6 Å². The van der Waals surface area contributed by atoms with E-state index in [0.29, 0.717) is 6.04 Å². The maximum atomic E-state index is 4.54. The Morgan fingerprint density at radius 3 is 2.90 bits per heavy atom. The minimum Gasteiger partial charge on any atom is -0.312 e. The van der Waals surface area contributed by atoms with Crippen molar-refractivity contribution in [1.29, 1.82) is 0 Å². The molecule has 1 fully saturated rings. The van der Waals surface area contributed by atoms with Crippen LogP contribution in [0.2, 0.25) is 0 Å². The molecule has 4 nitrogen and oxygen atoms in total. The molecule has 0 radical (unpaired) electrons. The van der Waals surface area contributed by atoms with Crippen molar-refractivity contribution in [2.75, 3.05) is 20.1 Å². The van der Waals surface area contributed by atoms with Crippen molar-refractivity contribution in [3.63, 3.8) is 0 Å². The molecule has 110 valence electrons. The first kappa shape index (κ1) is 14.0. The van der Waals surface area contributed by atoms with E-state index in [9.17, 15) is 0 Å². The number of aromatic nitrogens is 2. The standard InChI is InChI=1S/C17H22N4/c1-4-12(2)7-16(18-3)13-5-6-17-14(8-13)9-20-21(17)15-10-19-11-15/h5-9,15,19H,4,10-11H2,1-3H3/b12-7-,18-16?. The number of nitrogens with zero attached hydrogens (tertiary/aromatic N) is 3. The summed E-state index contributed by atoms with van der Waals surface area (Å²) in [6.07, 6.45) is 5.18. The fraction of sp³-hybridized carbons (Fsp3) is 0.412. The fourth-order valence-electron chi connectivity index (χ4n) is 2.56. The Hall–Kier alpha value is -1.94. The second-order valence-electron chi connectivity index (χ2n) is 5.63. The van der Waals surface area contributed by atoms with Gasteiger partial charge in [-0.15, -0.1) is 0 Å². The van der Waals surface area contributed by atoms with Crippen LogP contribution in [0.3, 0.4) is 0 Å². The minimum atomic E-state index is 0.495. The van der Waals surface area contributed by atoms with E-state index < -0.39 is 0 Å². The molecular formula is C17H22N4. The van der Waals surface area contributed by atoms with Gasteiger partial charge >= 0.3 is 0 Å². The second-order valence-corrected chi connectivity index (χ2v) is 5.63. The Morgan fingerprint density at radius 2 is 2.29 bits per heavy atom. The molecule has 2 heterocycles. The molecule has 4 heteroatoms. The molecule has 2 aromatic rings. The zero-order valence-corrected chi connectivity index (χ0v) is 12.9. The quantitative estimate of drug-likeness (QED) is 0.876. The molecule has 0 amide bonds. The molecule has 1 aromatic carbocycles. The van der Waals surface area contributed by atoms with Crippen LogP contribution in [0, 0.1) is 0 Å². The Labute approximate surface area is 125 Å². The van der Waals surface area contributed by atoms with Crippen LogP contribution in [0.25, 0.3) is 10.9 Å². The highest BCUT2D eigenvalue weighted by atomic mass is 15.3. The maximum Gasteiger partial charge on any atom is 0.0774 e. The lowest BCUT2D eigenvalue weighted by molar-refractivity contribution is 0.326. The number of hydrogen-bond donors (Lipinski definition) is 1. The van der Waals surface area contributed by atoms with Crippen molar-refractivity contribution < 1.29 is 0 Å². The predicted molar refractivity (Wildman–Crippen MR) is 88.1 cm³/mol. The van der Waals surface area contributed by atoms with Crippen LogP contribution < -0.4 is 5.32 Å². The molecule has 0 aliphatic carbocycles. The lowest BCUT2D eigenvalue weighted by Gasteiger charge is -2.27. The molecule has 1 aliphatic rings. The number of benzene rings is 1. The summed E-state index contributed by atoms with van der Waals surface area (Å²) >= 11 is 0. The van der Waals surface area contributed by atoms with Crippen LogP contribution in [-0.4, -0.2) is 35.6 Å². The fourth-order valence-corrected chi connectivity index (χ4v) is 2.56. The third-order valence-corrected chi connectivity index (χ3v) is 4.18. The third-order valence-electron chi connectivity index (χ3n) is 4.18. The molecule has 0 saturated carbocycles. The van der Waals surface area contributed by atoms with Crippen LogP contribution in [0.1, 0.15) is 31.9 Å². The molecule has 0 atom stereocenters. The van der Waals surface area contributed by atoms with Crippen LogP contribution in [0.15, 0.2) is 41.0 Å². The van der Waals surface area contributed by atoms with Crippen molar-refractivity contribution in [3.8, 4) is 0 Å². The van der Waals surface area contributed by atoms with Crippen molar-refractivity contribution in [1.82, 2.24) is 15.1 Å². The van der Waals surface area contributed by atoms with E-state index in [4.69, 9.17) is 0 Å². The third kappa shape index (κ3) is 2.63. The summed E-state index contributed by atoms with van der Waals surface area (Å²) in [5, 5.41) is 9.02. The molecule has 1 saturated heterocycles. The van der Waals surface area contributed by atoms with Crippen molar-refractivity contribution in [2.45, 2.75) is 26.3 Å². The number of hydrogen-bond acceptors (Lipinski definition) is 3. The van der Waals surface area contributed by atoms with Gasteiger partial charge in [0.05, 0.1) is 23.5 Å². The van der Waals surface area contributed by atoms with Gasteiger partial charge in [0.15, 0.2) is 0 Å². The van der Waals surface area contributed by atoms with E-state index in [1.165, 1.54) is 16.5 Å². The zero-order valence-electron chi connectivity index (χ0n) is 12.9. The average Bonchev–Trinajstić information content (AvgIpc) is 2.85. The summed E-state index contributed by atoms with van der Waals surface area (Å²) < 4.78 is 2.13. The van der Waals surface area contributed by atoms with E-state index in [1.807, 2.05) is 13.2 Å². The zero-order chi connectivity index (χ0) is 14.8. The molecule has 0 unspecified atom stereocenters. The minimum absolute atomic E-state index is 0.495. The van der Waals surface area contributed by atoms with Gasteiger partial charge < -0.3 is 5.32 Å². The first-order chi connectivity index (χ1) is 10.2. The molecular weight excluding hydrogens is 260 g/mol. The van der Waals surface area contributed by atoms with Gasteiger partial charge in [0.1, 0.15) is 0 Å². The highest BCUT2D eigenvalue weighted by Gasteiger charge is 2.21. The second kappa shape index (κ2) is 5.82. The Balaban J connectivity index is 1.97. The van der Waals surface area contributed by atoms with Crippen molar-refractivity contribution >= 4 is 16.6 Å². The Bertz CT molecular complexity index is 705. The molecule has 1 aromatic heterocycles. The Morgan fingerprint density at radius 1 is 1.48 bits per heavy atom. The first-order valence-electron chi connectivity index (χ1n) is 7.55. The van der Waals surface area contributed by atoms with Gasteiger partial charge in [0.25, 0.3) is 0 Å². The van der Waals surface area contributed by atoms with E-state index in [2.05, 4.69) is 58.2 Å². The average molecular weight is 282 g/mol. The van der Waals surface area contributed by atoms with Gasteiger partial charge in [-0.2, -0.15) is 5.10 Å². The molecule has 3 rings (SSSR count). The molecule has 0 spiro atoms. The van der Waals surface area contributed by atoms with Crippen molar-refractivity contribution in [3.05, 3.63) is 41.6 Å². The van der Waals surface area contributed by atoms with Gasteiger partial charge in [0.2, 0.25) is 0 Å². The molecule has 0 bridgehead atoms. The molecule has 1 aliphatic heterocycles. The number of allylic oxidation sites excluding steroid dienone is 2. The first-order valence-corrected chi connectivity index (χ1v) is 7.55. The topological polar surface area (TPSA) is 42.2 Å². The van der Waals surface area contributed by atoms with E-state index in [-0.39, 0.29) is 0 Å². The summed E-state index contributed by atoms with van der Waals surface area (Å²) in [6.45, 7) is 6.33. The lowest BCUT2D eigenvalue weighted by Crippen LogP contribution is -2.43. The van der Waals surface area contributed by atoms with Crippen molar-refractivity contribution in [2.24, 2.45) is 4.99 Å². The SMILES string of the molecule is CC/C(C)=C\C(=NC)c1ccc2c(cnn2C2CNC2)c1. The summed E-state index contributed by atoms with van der Waals surface area (Å²) in [7, 11) is 1.85. The highest BCUT2D eigenvalue weighted by Crippen LogP contribution is 2.22. The summed E-state index contributed by atoms with van der Waals surface area (Å²) in [4.78, 5) is 4.43. The number of rotatable bonds is 4. The smallest absolute Gasteiger partial charge is 0.0774 e. The highest BCUT2D eigenvalue weighted by molar-refractivity contribution is 6.10. The van der Waals surface area contributed by atoms with Gasteiger partial charge in [-0.25, -0.2) is 0 Å². The number of fused-ring (bicyclic) bond motifs is 1. The predicted octanol–water partition coefficient (Wildman–Crippen LogP) is 2.96. The van der Waals surface area contributed by atoms with Crippen LogP contribution in [-0.2, 0) is 0 Å². The van der Waals surface area contributed by atoms with Crippen LogP contribution in [0.4, 0.5) is 0 Å². The van der Waals surface area contributed by atoms with Gasteiger partial charge in [0, 0.05) is 31.1 Å². The van der Waals surface area contributed by atoms with E-state index >= 15 is 0 Å². The van der Waals surface area contributed by atoms with Gasteiger partial charge in [-0.1, -0.05) is 18.6 Å².